The Morgan fingerprint density at radius 3 is 2.41 bits per heavy atom. The molecule has 0 saturated heterocycles. The summed E-state index contributed by atoms with van der Waals surface area (Å²) in [4.78, 5) is 30.8. The van der Waals surface area contributed by atoms with Crippen molar-refractivity contribution in [3.63, 3.8) is 0 Å². The molecule has 3 aromatic carbocycles. The van der Waals surface area contributed by atoms with Crippen LogP contribution in [0.5, 0.6) is 5.75 Å². The molecule has 0 fully saturated rings. The number of rotatable bonds is 10. The molecule has 0 radical (unpaired) electrons. The minimum absolute atomic E-state index is 0.0681. The largest absolute Gasteiger partial charge is 0.489 e. The van der Waals surface area contributed by atoms with Crippen molar-refractivity contribution in [1.29, 1.82) is 0 Å². The molecular formula is C29H28N4O4. The van der Waals surface area contributed by atoms with Crippen molar-refractivity contribution >= 4 is 10.9 Å². The number of hydrogen-bond acceptors (Lipinski definition) is 6. The number of unbranched alkanes of at least 4 members (excludes halogenated alkanes) is 2. The third-order valence-corrected chi connectivity index (χ3v) is 6.24. The van der Waals surface area contributed by atoms with E-state index in [0.29, 0.717) is 29.9 Å². The predicted molar refractivity (Wildman–Crippen MR) is 142 cm³/mol. The third kappa shape index (κ3) is 5.38. The topological polar surface area (TPSA) is 92.2 Å². The lowest BCUT2D eigenvalue weighted by molar-refractivity contribution is 0.306. The first kappa shape index (κ1) is 24.2. The molecule has 8 nitrogen and oxygen atoms in total. The smallest absolute Gasteiger partial charge is 0.331 e. The van der Waals surface area contributed by atoms with Gasteiger partial charge < -0.3 is 9.26 Å². The van der Waals surface area contributed by atoms with Crippen LogP contribution in [0, 0.1) is 0 Å². The number of fused-ring (bicyclic) bond motifs is 1. The average molecular weight is 497 g/mol. The van der Waals surface area contributed by atoms with Crippen LogP contribution in [0.15, 0.2) is 93.0 Å². The standard InChI is InChI=1S/C29H28N4O4/c1-2-3-9-18-32-28(34)24-12-7-8-13-25(24)33(29(32)35)19-26-30-27(31-37-26)22-14-16-23(17-15-22)36-20-21-10-5-4-6-11-21/h4-8,10-17H,2-3,9,18-20H2,1H3. The Hall–Kier alpha value is -4.46. The molecule has 0 bridgehead atoms. The molecule has 0 atom stereocenters. The lowest BCUT2D eigenvalue weighted by Crippen LogP contribution is -2.40. The molecule has 0 aliphatic rings. The van der Waals surface area contributed by atoms with E-state index in [4.69, 9.17) is 9.26 Å². The summed E-state index contributed by atoms with van der Waals surface area (Å²) in [5.41, 5.74) is 1.76. The minimum atomic E-state index is -0.375. The number of nitrogens with zero attached hydrogens (tertiary/aromatic N) is 4. The van der Waals surface area contributed by atoms with E-state index in [1.165, 1.54) is 9.13 Å². The quantitative estimate of drug-likeness (QED) is 0.252. The van der Waals surface area contributed by atoms with Crippen molar-refractivity contribution in [1.82, 2.24) is 19.3 Å². The van der Waals surface area contributed by atoms with Crippen LogP contribution in [0.25, 0.3) is 22.3 Å². The number of para-hydroxylation sites is 1. The van der Waals surface area contributed by atoms with E-state index in [9.17, 15) is 9.59 Å². The van der Waals surface area contributed by atoms with Crippen LogP contribution in [-0.2, 0) is 19.7 Å². The van der Waals surface area contributed by atoms with Gasteiger partial charge in [0.2, 0.25) is 11.7 Å². The first-order chi connectivity index (χ1) is 18.1. The second kappa shape index (κ2) is 11.1. The Bertz CT molecular complexity index is 1600. The molecular weight excluding hydrogens is 468 g/mol. The minimum Gasteiger partial charge on any atom is -0.489 e. The molecule has 8 heteroatoms. The van der Waals surface area contributed by atoms with Crippen molar-refractivity contribution in [2.75, 3.05) is 0 Å². The number of ether oxygens (including phenoxy) is 1. The van der Waals surface area contributed by atoms with Gasteiger partial charge >= 0.3 is 5.69 Å². The van der Waals surface area contributed by atoms with Gasteiger partial charge in [-0.15, -0.1) is 0 Å². The Kier molecular flexibility index (Phi) is 7.26. The molecule has 0 N–H and O–H groups in total. The molecule has 37 heavy (non-hydrogen) atoms. The highest BCUT2D eigenvalue weighted by atomic mass is 16.5. The molecule has 5 aromatic rings. The highest BCUT2D eigenvalue weighted by Gasteiger charge is 2.16. The van der Waals surface area contributed by atoms with Gasteiger partial charge in [-0.2, -0.15) is 4.98 Å². The van der Waals surface area contributed by atoms with E-state index in [0.717, 1.165) is 36.1 Å². The highest BCUT2D eigenvalue weighted by Crippen LogP contribution is 2.21. The SMILES string of the molecule is CCCCCn1c(=O)c2ccccc2n(Cc2nc(-c3ccc(OCc4ccccc4)cc3)no2)c1=O. The van der Waals surface area contributed by atoms with E-state index in [1.54, 1.807) is 24.3 Å². The number of aromatic nitrogens is 4. The summed E-state index contributed by atoms with van der Waals surface area (Å²) in [5, 5.41) is 4.60. The van der Waals surface area contributed by atoms with Crippen molar-refractivity contribution in [3.8, 4) is 17.1 Å². The monoisotopic (exact) mass is 496 g/mol. The first-order valence-electron chi connectivity index (χ1n) is 12.5. The van der Waals surface area contributed by atoms with Gasteiger partial charge in [0.1, 0.15) is 18.9 Å². The third-order valence-electron chi connectivity index (χ3n) is 6.24. The number of hydrogen-bond donors (Lipinski definition) is 0. The Labute approximate surface area is 213 Å². The van der Waals surface area contributed by atoms with Crippen LogP contribution >= 0.6 is 0 Å². The van der Waals surface area contributed by atoms with E-state index in [2.05, 4.69) is 17.1 Å². The molecule has 0 aliphatic carbocycles. The molecule has 188 valence electrons. The normalized spacial score (nSPS) is 11.2. The maximum atomic E-state index is 13.3. The lowest BCUT2D eigenvalue weighted by Gasteiger charge is -2.12. The summed E-state index contributed by atoms with van der Waals surface area (Å²) in [6.07, 6.45) is 2.71. The van der Waals surface area contributed by atoms with E-state index >= 15 is 0 Å². The second-order valence-corrected chi connectivity index (χ2v) is 8.86. The molecule has 0 saturated carbocycles. The molecule has 0 spiro atoms. The first-order valence-corrected chi connectivity index (χ1v) is 12.5. The summed E-state index contributed by atoms with van der Waals surface area (Å²) in [5.74, 6) is 1.43. The van der Waals surface area contributed by atoms with Gasteiger partial charge in [0, 0.05) is 12.1 Å². The van der Waals surface area contributed by atoms with Gasteiger partial charge in [0.25, 0.3) is 5.56 Å². The Morgan fingerprint density at radius 1 is 0.865 bits per heavy atom. The summed E-state index contributed by atoms with van der Waals surface area (Å²) in [6, 6.07) is 24.5. The van der Waals surface area contributed by atoms with E-state index in [-0.39, 0.29) is 23.7 Å². The van der Waals surface area contributed by atoms with Gasteiger partial charge in [-0.1, -0.05) is 67.4 Å². The van der Waals surface area contributed by atoms with Crippen LogP contribution < -0.4 is 16.0 Å². The zero-order valence-electron chi connectivity index (χ0n) is 20.7. The van der Waals surface area contributed by atoms with Crippen LogP contribution in [0.3, 0.4) is 0 Å². The van der Waals surface area contributed by atoms with Crippen LogP contribution in [0.2, 0.25) is 0 Å². The van der Waals surface area contributed by atoms with Crippen LogP contribution in [0.4, 0.5) is 0 Å². The molecule has 0 amide bonds. The fourth-order valence-corrected chi connectivity index (χ4v) is 4.25. The molecule has 2 aromatic heterocycles. The average Bonchev–Trinajstić information content (AvgIpc) is 3.41. The van der Waals surface area contributed by atoms with Gasteiger partial charge in [0.15, 0.2) is 0 Å². The maximum Gasteiger partial charge on any atom is 0.331 e. The molecule has 2 heterocycles. The Morgan fingerprint density at radius 2 is 1.62 bits per heavy atom. The lowest BCUT2D eigenvalue weighted by atomic mass is 10.2. The van der Waals surface area contributed by atoms with Crippen molar-refractivity contribution in [2.24, 2.45) is 0 Å². The predicted octanol–water partition coefficient (Wildman–Crippen LogP) is 5.03. The molecule has 5 rings (SSSR count). The van der Waals surface area contributed by atoms with Gasteiger partial charge in [0.05, 0.1) is 10.9 Å². The Balaban J connectivity index is 1.37. The summed E-state index contributed by atoms with van der Waals surface area (Å²) in [6.45, 7) is 3.01. The fraction of sp³-hybridized carbons (Fsp3) is 0.241. The van der Waals surface area contributed by atoms with Crippen molar-refractivity contribution in [3.05, 3.63) is 111 Å². The van der Waals surface area contributed by atoms with E-state index in [1.807, 2.05) is 54.6 Å². The maximum absolute atomic E-state index is 13.3. The van der Waals surface area contributed by atoms with Crippen molar-refractivity contribution < 1.29 is 9.26 Å². The van der Waals surface area contributed by atoms with Crippen molar-refractivity contribution in [2.45, 2.75) is 45.9 Å². The fourth-order valence-electron chi connectivity index (χ4n) is 4.25. The summed E-state index contributed by atoms with van der Waals surface area (Å²) < 4.78 is 14.2. The molecule has 0 unspecified atom stereocenters. The van der Waals surface area contributed by atoms with Crippen LogP contribution in [0.1, 0.15) is 37.6 Å². The van der Waals surface area contributed by atoms with Crippen LogP contribution in [-0.4, -0.2) is 19.3 Å². The van der Waals surface area contributed by atoms with Gasteiger partial charge in [-0.25, -0.2) is 4.79 Å². The second-order valence-electron chi connectivity index (χ2n) is 8.86. The summed E-state index contributed by atoms with van der Waals surface area (Å²) in [7, 11) is 0. The zero-order chi connectivity index (χ0) is 25.6. The zero-order valence-corrected chi connectivity index (χ0v) is 20.7. The highest BCUT2D eigenvalue weighted by molar-refractivity contribution is 5.77. The number of benzene rings is 3. The van der Waals surface area contributed by atoms with E-state index < -0.39 is 0 Å². The summed E-state index contributed by atoms with van der Waals surface area (Å²) >= 11 is 0. The van der Waals surface area contributed by atoms with Gasteiger partial charge in [-0.05, 0) is 48.4 Å². The molecule has 0 aliphatic heterocycles. The van der Waals surface area contributed by atoms with Gasteiger partial charge in [-0.3, -0.25) is 13.9 Å².